The van der Waals surface area contributed by atoms with Gasteiger partial charge in [-0.05, 0) is 37.9 Å². The number of para-hydroxylation sites is 1. The molecule has 1 heterocycles. The van der Waals surface area contributed by atoms with Gasteiger partial charge in [-0.25, -0.2) is 0 Å². The molecule has 1 aliphatic rings. The molecule has 2 N–H and O–H groups in total. The van der Waals surface area contributed by atoms with Crippen LogP contribution in [0.15, 0.2) is 24.3 Å². The van der Waals surface area contributed by atoms with Crippen LogP contribution in [0.1, 0.15) is 51.1 Å². The van der Waals surface area contributed by atoms with Crippen LogP contribution in [-0.2, 0) is 0 Å². The van der Waals surface area contributed by atoms with Crippen LogP contribution in [0, 0.1) is 0 Å². The first-order valence-electron chi connectivity index (χ1n) is 6.90. The van der Waals surface area contributed by atoms with Crippen molar-refractivity contribution in [2.45, 2.75) is 51.6 Å². The summed E-state index contributed by atoms with van der Waals surface area (Å²) in [5, 5.41) is 7.25. The molecular weight excluding hydrogens is 208 g/mol. The van der Waals surface area contributed by atoms with Gasteiger partial charge in [0.15, 0.2) is 0 Å². The second-order valence-corrected chi connectivity index (χ2v) is 5.08. The molecule has 94 valence electrons. The zero-order chi connectivity index (χ0) is 12.1. The van der Waals surface area contributed by atoms with E-state index in [0.29, 0.717) is 12.1 Å². The van der Waals surface area contributed by atoms with Gasteiger partial charge in [-0.2, -0.15) is 0 Å². The van der Waals surface area contributed by atoms with Gasteiger partial charge in [0, 0.05) is 17.8 Å². The molecule has 2 unspecified atom stereocenters. The molecule has 2 nitrogen and oxygen atoms in total. The van der Waals surface area contributed by atoms with Crippen molar-refractivity contribution in [1.29, 1.82) is 0 Å². The lowest BCUT2D eigenvalue weighted by molar-refractivity contribution is 0.453. The van der Waals surface area contributed by atoms with Crippen LogP contribution in [-0.4, -0.2) is 12.6 Å². The van der Waals surface area contributed by atoms with Gasteiger partial charge in [0.1, 0.15) is 0 Å². The van der Waals surface area contributed by atoms with Crippen molar-refractivity contribution in [2.75, 3.05) is 11.9 Å². The summed E-state index contributed by atoms with van der Waals surface area (Å²) in [5.41, 5.74) is 2.74. The summed E-state index contributed by atoms with van der Waals surface area (Å²) in [5.74, 6) is 0. The standard InChI is InChI=1S/C15H24N2/c1-3-4-7-10-16-15-11-12(2)17-14-9-6-5-8-13(14)15/h5-6,8-9,12,15-17H,3-4,7,10-11H2,1-2H3. The van der Waals surface area contributed by atoms with Crippen LogP contribution in [0.2, 0.25) is 0 Å². The molecule has 2 atom stereocenters. The average molecular weight is 232 g/mol. The summed E-state index contributed by atoms with van der Waals surface area (Å²) in [6.07, 6.45) is 5.09. The fourth-order valence-corrected chi connectivity index (χ4v) is 2.58. The Morgan fingerprint density at radius 1 is 1.29 bits per heavy atom. The maximum atomic E-state index is 3.70. The third kappa shape index (κ3) is 3.22. The fraction of sp³-hybridized carbons (Fsp3) is 0.600. The van der Waals surface area contributed by atoms with Gasteiger partial charge in [0.2, 0.25) is 0 Å². The first-order valence-corrected chi connectivity index (χ1v) is 6.90. The molecule has 2 heteroatoms. The summed E-state index contributed by atoms with van der Waals surface area (Å²) in [7, 11) is 0. The maximum absolute atomic E-state index is 3.70. The first kappa shape index (κ1) is 12.4. The Kier molecular flexibility index (Phi) is 4.43. The maximum Gasteiger partial charge on any atom is 0.0390 e. The molecule has 2 rings (SSSR count). The van der Waals surface area contributed by atoms with Crippen molar-refractivity contribution in [1.82, 2.24) is 5.32 Å². The zero-order valence-electron chi connectivity index (χ0n) is 11.0. The van der Waals surface area contributed by atoms with Crippen molar-refractivity contribution in [2.24, 2.45) is 0 Å². The van der Waals surface area contributed by atoms with E-state index in [4.69, 9.17) is 0 Å². The van der Waals surface area contributed by atoms with E-state index in [1.54, 1.807) is 0 Å². The van der Waals surface area contributed by atoms with Crippen LogP contribution < -0.4 is 10.6 Å². The van der Waals surface area contributed by atoms with E-state index < -0.39 is 0 Å². The van der Waals surface area contributed by atoms with Gasteiger partial charge in [0.05, 0.1) is 0 Å². The highest BCUT2D eigenvalue weighted by atomic mass is 15.0. The number of unbranched alkanes of at least 4 members (excludes halogenated alkanes) is 2. The molecular formula is C15H24N2. The topological polar surface area (TPSA) is 24.1 Å². The quantitative estimate of drug-likeness (QED) is 0.756. The van der Waals surface area contributed by atoms with Crippen LogP contribution >= 0.6 is 0 Å². The Morgan fingerprint density at radius 2 is 2.12 bits per heavy atom. The van der Waals surface area contributed by atoms with Crippen molar-refractivity contribution >= 4 is 5.69 Å². The van der Waals surface area contributed by atoms with Crippen LogP contribution in [0.25, 0.3) is 0 Å². The van der Waals surface area contributed by atoms with E-state index in [2.05, 4.69) is 48.7 Å². The number of fused-ring (bicyclic) bond motifs is 1. The number of anilines is 1. The number of hydrogen-bond donors (Lipinski definition) is 2. The van der Waals surface area contributed by atoms with Crippen LogP contribution in [0.4, 0.5) is 5.69 Å². The molecule has 0 spiro atoms. The summed E-state index contributed by atoms with van der Waals surface area (Å²) in [4.78, 5) is 0. The van der Waals surface area contributed by atoms with E-state index >= 15 is 0 Å². The van der Waals surface area contributed by atoms with E-state index in [-0.39, 0.29) is 0 Å². The van der Waals surface area contributed by atoms with Crippen molar-refractivity contribution in [3.63, 3.8) is 0 Å². The van der Waals surface area contributed by atoms with Crippen LogP contribution in [0.3, 0.4) is 0 Å². The fourth-order valence-electron chi connectivity index (χ4n) is 2.58. The Morgan fingerprint density at radius 3 is 2.94 bits per heavy atom. The minimum Gasteiger partial charge on any atom is -0.382 e. The van der Waals surface area contributed by atoms with E-state index in [1.165, 1.54) is 36.9 Å². The Labute approximate surface area is 105 Å². The Bertz CT molecular complexity index is 349. The second-order valence-electron chi connectivity index (χ2n) is 5.08. The van der Waals surface area contributed by atoms with Gasteiger partial charge in [-0.15, -0.1) is 0 Å². The summed E-state index contributed by atoms with van der Waals surface area (Å²) < 4.78 is 0. The Balaban J connectivity index is 1.97. The molecule has 0 fully saturated rings. The SMILES string of the molecule is CCCCCNC1CC(C)Nc2ccccc21. The predicted molar refractivity (Wildman–Crippen MR) is 74.4 cm³/mol. The van der Waals surface area contributed by atoms with Gasteiger partial charge in [-0.3, -0.25) is 0 Å². The predicted octanol–water partition coefficient (Wildman–Crippen LogP) is 3.71. The lowest BCUT2D eigenvalue weighted by Crippen LogP contribution is -2.33. The smallest absolute Gasteiger partial charge is 0.0390 e. The third-order valence-corrected chi connectivity index (χ3v) is 3.50. The second kappa shape index (κ2) is 6.06. The van der Waals surface area contributed by atoms with Gasteiger partial charge in [0.25, 0.3) is 0 Å². The summed E-state index contributed by atoms with van der Waals surface area (Å²) in [6.45, 7) is 5.65. The van der Waals surface area contributed by atoms with Crippen molar-refractivity contribution in [3.8, 4) is 0 Å². The molecule has 0 saturated heterocycles. The number of nitrogens with one attached hydrogen (secondary N) is 2. The van der Waals surface area contributed by atoms with Crippen molar-refractivity contribution < 1.29 is 0 Å². The molecule has 0 aliphatic carbocycles. The summed E-state index contributed by atoms with van der Waals surface area (Å²) >= 11 is 0. The van der Waals surface area contributed by atoms with Gasteiger partial charge >= 0.3 is 0 Å². The zero-order valence-corrected chi connectivity index (χ0v) is 11.0. The third-order valence-electron chi connectivity index (χ3n) is 3.50. The highest BCUT2D eigenvalue weighted by Gasteiger charge is 2.22. The largest absolute Gasteiger partial charge is 0.382 e. The van der Waals surface area contributed by atoms with Crippen molar-refractivity contribution in [3.05, 3.63) is 29.8 Å². The number of benzene rings is 1. The molecule has 0 saturated carbocycles. The van der Waals surface area contributed by atoms with E-state index in [9.17, 15) is 0 Å². The summed E-state index contributed by atoms with van der Waals surface area (Å²) in [6, 6.07) is 9.76. The average Bonchev–Trinajstić information content (AvgIpc) is 2.34. The minimum absolute atomic E-state index is 0.527. The molecule has 1 aromatic carbocycles. The molecule has 0 bridgehead atoms. The monoisotopic (exact) mass is 232 g/mol. The molecule has 0 amide bonds. The molecule has 0 aromatic heterocycles. The van der Waals surface area contributed by atoms with E-state index in [0.717, 1.165) is 6.54 Å². The van der Waals surface area contributed by atoms with E-state index in [1.807, 2.05) is 0 Å². The lowest BCUT2D eigenvalue weighted by atomic mass is 9.93. The van der Waals surface area contributed by atoms with Crippen LogP contribution in [0.5, 0.6) is 0 Å². The number of rotatable bonds is 5. The molecule has 1 aromatic rings. The highest BCUT2D eigenvalue weighted by molar-refractivity contribution is 5.55. The Hall–Kier alpha value is -1.02. The molecule has 0 radical (unpaired) electrons. The minimum atomic E-state index is 0.527. The molecule has 17 heavy (non-hydrogen) atoms. The number of hydrogen-bond acceptors (Lipinski definition) is 2. The lowest BCUT2D eigenvalue weighted by Gasteiger charge is -2.32. The highest BCUT2D eigenvalue weighted by Crippen LogP contribution is 2.32. The first-order chi connectivity index (χ1) is 8.31. The molecule has 1 aliphatic heterocycles. The normalized spacial score (nSPS) is 22.9. The van der Waals surface area contributed by atoms with Gasteiger partial charge < -0.3 is 10.6 Å². The van der Waals surface area contributed by atoms with Gasteiger partial charge in [-0.1, -0.05) is 38.0 Å².